The summed E-state index contributed by atoms with van der Waals surface area (Å²) < 4.78 is 0. The predicted octanol–water partition coefficient (Wildman–Crippen LogP) is 3.23. The van der Waals surface area contributed by atoms with E-state index in [1.54, 1.807) is 0 Å². The summed E-state index contributed by atoms with van der Waals surface area (Å²) in [5, 5.41) is 12.8. The zero-order valence-electron chi connectivity index (χ0n) is 13.7. The van der Waals surface area contributed by atoms with Gasteiger partial charge in [0.1, 0.15) is 0 Å². The fourth-order valence-electron chi connectivity index (χ4n) is 6.58. The van der Waals surface area contributed by atoms with Gasteiger partial charge in [-0.2, -0.15) is 5.06 Å². The second kappa shape index (κ2) is 5.50. The van der Waals surface area contributed by atoms with Crippen molar-refractivity contribution in [3.63, 3.8) is 0 Å². The van der Waals surface area contributed by atoms with Crippen molar-refractivity contribution in [3.05, 3.63) is 0 Å². The van der Waals surface area contributed by atoms with E-state index in [0.717, 1.165) is 23.7 Å². The van der Waals surface area contributed by atoms with Crippen LogP contribution in [-0.4, -0.2) is 47.4 Å². The fourth-order valence-corrected chi connectivity index (χ4v) is 6.58. The Kier molecular flexibility index (Phi) is 3.79. The quantitative estimate of drug-likeness (QED) is 0.804. The Balaban J connectivity index is 1.65. The number of hydrogen-bond acceptors (Lipinski definition) is 3. The molecule has 0 amide bonds. The van der Waals surface area contributed by atoms with Gasteiger partial charge in [-0.1, -0.05) is 26.2 Å². The molecule has 4 fully saturated rings. The van der Waals surface area contributed by atoms with Crippen LogP contribution in [0.2, 0.25) is 0 Å². The second-order valence-electron chi connectivity index (χ2n) is 8.33. The molecule has 7 atom stereocenters. The highest BCUT2D eigenvalue weighted by Gasteiger charge is 2.57. The summed E-state index contributed by atoms with van der Waals surface area (Å²) in [5.74, 6) is 4.05. The van der Waals surface area contributed by atoms with Gasteiger partial charge in [0.25, 0.3) is 0 Å². The smallest absolute Gasteiger partial charge is 0.0428 e. The molecule has 4 aliphatic rings. The zero-order chi connectivity index (χ0) is 14.6. The summed E-state index contributed by atoms with van der Waals surface area (Å²) in [6, 6.07) is 0.950. The van der Waals surface area contributed by atoms with Gasteiger partial charge in [0.2, 0.25) is 0 Å². The van der Waals surface area contributed by atoms with Crippen LogP contribution in [0.4, 0.5) is 0 Å². The summed E-state index contributed by atoms with van der Waals surface area (Å²) in [4.78, 5) is 2.51. The van der Waals surface area contributed by atoms with Gasteiger partial charge in [0.15, 0.2) is 0 Å². The molecule has 0 aromatic rings. The van der Waals surface area contributed by atoms with E-state index in [2.05, 4.69) is 18.9 Å². The molecular weight excluding hydrogens is 260 g/mol. The molecule has 0 spiro atoms. The molecule has 4 rings (SSSR count). The van der Waals surface area contributed by atoms with Crippen LogP contribution in [0.5, 0.6) is 0 Å². The summed E-state index contributed by atoms with van der Waals surface area (Å²) in [6.07, 6.45) is 9.41. The molecule has 0 aromatic carbocycles. The van der Waals surface area contributed by atoms with Crippen LogP contribution < -0.4 is 0 Å². The Morgan fingerprint density at radius 1 is 1.00 bits per heavy atom. The van der Waals surface area contributed by atoms with E-state index in [-0.39, 0.29) is 0 Å². The SMILES string of the molecule is CCC1CC2C3CCCCC3N(O)C2C2CN(C)CCC12. The number of fused-ring (bicyclic) bond motifs is 5. The number of nitrogens with zero attached hydrogens (tertiary/aromatic N) is 2. The Hall–Kier alpha value is -0.120. The maximum atomic E-state index is 10.9. The molecule has 2 aliphatic carbocycles. The fraction of sp³-hybridized carbons (Fsp3) is 1.00. The highest BCUT2D eigenvalue weighted by atomic mass is 16.5. The molecule has 0 radical (unpaired) electrons. The summed E-state index contributed by atoms with van der Waals surface area (Å²) in [7, 11) is 2.27. The van der Waals surface area contributed by atoms with Crippen LogP contribution in [0.25, 0.3) is 0 Å². The lowest BCUT2D eigenvalue weighted by Crippen LogP contribution is -2.55. The Morgan fingerprint density at radius 2 is 1.81 bits per heavy atom. The Bertz CT molecular complexity index is 387. The maximum Gasteiger partial charge on any atom is 0.0428 e. The molecule has 2 saturated heterocycles. The van der Waals surface area contributed by atoms with Crippen LogP contribution in [0.15, 0.2) is 0 Å². The van der Waals surface area contributed by atoms with Crippen LogP contribution in [0.1, 0.15) is 51.9 Å². The van der Waals surface area contributed by atoms with Gasteiger partial charge < -0.3 is 10.1 Å². The minimum absolute atomic E-state index is 0.466. The number of likely N-dealkylation sites (tertiary alicyclic amines) is 1. The molecule has 7 unspecified atom stereocenters. The highest BCUT2D eigenvalue weighted by molar-refractivity contribution is 5.07. The lowest BCUT2D eigenvalue weighted by Gasteiger charge is -2.51. The van der Waals surface area contributed by atoms with E-state index >= 15 is 0 Å². The number of rotatable bonds is 1. The third-order valence-electron chi connectivity index (χ3n) is 7.48. The third-order valence-corrected chi connectivity index (χ3v) is 7.48. The summed E-state index contributed by atoms with van der Waals surface area (Å²) >= 11 is 0. The highest BCUT2D eigenvalue weighted by Crippen LogP contribution is 2.55. The molecule has 2 saturated carbocycles. The van der Waals surface area contributed by atoms with E-state index in [0.29, 0.717) is 18.0 Å². The van der Waals surface area contributed by atoms with Crippen molar-refractivity contribution < 1.29 is 5.21 Å². The average molecular weight is 292 g/mol. The van der Waals surface area contributed by atoms with Crippen molar-refractivity contribution in [1.82, 2.24) is 9.96 Å². The first kappa shape index (κ1) is 14.5. The van der Waals surface area contributed by atoms with Crippen LogP contribution in [0, 0.1) is 29.6 Å². The average Bonchev–Trinajstić information content (AvgIpc) is 2.80. The third kappa shape index (κ3) is 2.19. The molecule has 120 valence electrons. The van der Waals surface area contributed by atoms with E-state index in [1.807, 2.05) is 5.06 Å². The van der Waals surface area contributed by atoms with Crippen LogP contribution in [0.3, 0.4) is 0 Å². The molecule has 0 aromatic heterocycles. The molecule has 3 nitrogen and oxygen atoms in total. The monoisotopic (exact) mass is 292 g/mol. The van der Waals surface area contributed by atoms with E-state index in [9.17, 15) is 5.21 Å². The maximum absolute atomic E-state index is 10.9. The van der Waals surface area contributed by atoms with Crippen molar-refractivity contribution in [2.75, 3.05) is 20.1 Å². The van der Waals surface area contributed by atoms with Crippen molar-refractivity contribution in [2.45, 2.75) is 64.0 Å². The lowest BCUT2D eigenvalue weighted by molar-refractivity contribution is -0.177. The first-order valence-corrected chi connectivity index (χ1v) is 9.36. The molecular formula is C18H32N2O. The molecule has 1 N–H and O–H groups in total. The van der Waals surface area contributed by atoms with Crippen LogP contribution in [-0.2, 0) is 0 Å². The van der Waals surface area contributed by atoms with Gasteiger partial charge in [-0.3, -0.25) is 0 Å². The minimum atomic E-state index is 0.466. The predicted molar refractivity (Wildman–Crippen MR) is 84.1 cm³/mol. The Labute approximate surface area is 129 Å². The Morgan fingerprint density at radius 3 is 2.62 bits per heavy atom. The largest absolute Gasteiger partial charge is 0.313 e. The van der Waals surface area contributed by atoms with Crippen molar-refractivity contribution >= 4 is 0 Å². The normalized spacial score (nSPS) is 51.3. The van der Waals surface area contributed by atoms with Crippen molar-refractivity contribution in [3.8, 4) is 0 Å². The molecule has 21 heavy (non-hydrogen) atoms. The molecule has 3 heteroatoms. The van der Waals surface area contributed by atoms with Crippen molar-refractivity contribution in [1.29, 1.82) is 0 Å². The molecule has 2 heterocycles. The second-order valence-corrected chi connectivity index (χ2v) is 8.33. The molecule has 0 bridgehead atoms. The molecule has 2 aliphatic heterocycles. The van der Waals surface area contributed by atoms with Gasteiger partial charge in [0.05, 0.1) is 0 Å². The van der Waals surface area contributed by atoms with E-state index in [4.69, 9.17) is 0 Å². The first-order chi connectivity index (χ1) is 10.2. The summed E-state index contributed by atoms with van der Waals surface area (Å²) in [6.45, 7) is 4.86. The van der Waals surface area contributed by atoms with E-state index < -0.39 is 0 Å². The van der Waals surface area contributed by atoms with Gasteiger partial charge in [-0.15, -0.1) is 0 Å². The lowest BCUT2D eigenvalue weighted by atomic mass is 9.59. The van der Waals surface area contributed by atoms with Gasteiger partial charge in [-0.25, -0.2) is 0 Å². The van der Waals surface area contributed by atoms with Crippen LogP contribution >= 0.6 is 0 Å². The van der Waals surface area contributed by atoms with Gasteiger partial charge in [0, 0.05) is 18.6 Å². The van der Waals surface area contributed by atoms with Gasteiger partial charge >= 0.3 is 0 Å². The van der Waals surface area contributed by atoms with Crippen molar-refractivity contribution in [2.24, 2.45) is 29.6 Å². The number of hydrogen-bond donors (Lipinski definition) is 1. The standard InChI is InChI=1S/C18H32N2O/c1-3-12-10-15-14-6-4-5-7-17(14)20(21)18(15)16-11-19(2)9-8-13(12)16/h12-18,21H,3-11H2,1-2H3. The summed E-state index contributed by atoms with van der Waals surface area (Å²) in [5.41, 5.74) is 0. The van der Waals surface area contributed by atoms with Gasteiger partial charge in [-0.05, 0) is 68.9 Å². The minimum Gasteiger partial charge on any atom is -0.313 e. The topological polar surface area (TPSA) is 26.7 Å². The first-order valence-electron chi connectivity index (χ1n) is 9.36. The number of piperidine rings is 1. The number of hydroxylamine groups is 2. The van der Waals surface area contributed by atoms with E-state index in [1.165, 1.54) is 58.0 Å². The zero-order valence-corrected chi connectivity index (χ0v) is 13.7.